The van der Waals surface area contributed by atoms with Crippen molar-refractivity contribution in [3.8, 4) is 0 Å². The first-order chi connectivity index (χ1) is 8.32. The lowest BCUT2D eigenvalue weighted by atomic mass is 10.2. The molecular weight excluding hydrogens is 254 g/mol. The molecule has 0 spiro atoms. The van der Waals surface area contributed by atoms with Gasteiger partial charge in [-0.15, -0.1) is 0 Å². The SMILES string of the molecule is Cc1ccccc1S(=O)(=O)O.N[C@H]1C=CC[C@@H]1O. The summed E-state index contributed by atoms with van der Waals surface area (Å²) in [5.41, 5.74) is 5.89. The van der Waals surface area contributed by atoms with Gasteiger partial charge in [0.15, 0.2) is 0 Å². The van der Waals surface area contributed by atoms with E-state index in [-0.39, 0.29) is 17.0 Å². The van der Waals surface area contributed by atoms with Crippen molar-refractivity contribution in [1.82, 2.24) is 0 Å². The lowest BCUT2D eigenvalue weighted by molar-refractivity contribution is 0.172. The Morgan fingerprint density at radius 3 is 2.22 bits per heavy atom. The maximum absolute atomic E-state index is 10.6. The Hall–Kier alpha value is -1.21. The van der Waals surface area contributed by atoms with Crippen molar-refractivity contribution in [3.05, 3.63) is 42.0 Å². The highest BCUT2D eigenvalue weighted by Gasteiger charge is 2.14. The van der Waals surface area contributed by atoms with Crippen LogP contribution in [0.15, 0.2) is 41.3 Å². The van der Waals surface area contributed by atoms with Crippen LogP contribution < -0.4 is 5.73 Å². The molecule has 1 aliphatic rings. The summed E-state index contributed by atoms with van der Waals surface area (Å²) >= 11 is 0. The number of hydrogen-bond donors (Lipinski definition) is 3. The fraction of sp³-hybridized carbons (Fsp3) is 0.333. The number of nitrogens with two attached hydrogens (primary N) is 1. The van der Waals surface area contributed by atoms with Gasteiger partial charge in [-0.2, -0.15) is 8.42 Å². The summed E-state index contributed by atoms with van der Waals surface area (Å²) in [6, 6.07) is 6.16. The minimum Gasteiger partial charge on any atom is -0.391 e. The molecule has 0 radical (unpaired) electrons. The second-order valence-corrected chi connectivity index (χ2v) is 5.44. The van der Waals surface area contributed by atoms with Gasteiger partial charge in [0.2, 0.25) is 0 Å². The van der Waals surface area contributed by atoms with Gasteiger partial charge in [0.05, 0.1) is 11.0 Å². The molecule has 1 aliphatic carbocycles. The summed E-state index contributed by atoms with van der Waals surface area (Å²) in [5, 5.41) is 8.81. The fourth-order valence-electron chi connectivity index (χ4n) is 1.51. The van der Waals surface area contributed by atoms with Gasteiger partial charge < -0.3 is 10.8 Å². The molecule has 0 aliphatic heterocycles. The predicted molar refractivity (Wildman–Crippen MR) is 68.7 cm³/mol. The van der Waals surface area contributed by atoms with Crippen LogP contribution in [0.3, 0.4) is 0 Å². The van der Waals surface area contributed by atoms with E-state index >= 15 is 0 Å². The van der Waals surface area contributed by atoms with Gasteiger partial charge in [-0.3, -0.25) is 4.55 Å². The maximum Gasteiger partial charge on any atom is 0.294 e. The lowest BCUT2D eigenvalue weighted by Crippen LogP contribution is -2.28. The second-order valence-electron chi connectivity index (χ2n) is 4.05. The molecule has 0 fully saturated rings. The van der Waals surface area contributed by atoms with Crippen molar-refractivity contribution >= 4 is 10.1 Å². The smallest absolute Gasteiger partial charge is 0.294 e. The van der Waals surface area contributed by atoms with Gasteiger partial charge in [0, 0.05) is 6.04 Å². The number of benzene rings is 1. The Bertz CT molecular complexity index is 525. The first-order valence-electron chi connectivity index (χ1n) is 5.46. The van der Waals surface area contributed by atoms with Gasteiger partial charge >= 0.3 is 0 Å². The summed E-state index contributed by atoms with van der Waals surface area (Å²) in [7, 11) is -4.03. The van der Waals surface area contributed by atoms with E-state index in [1.54, 1.807) is 25.1 Å². The molecule has 0 saturated heterocycles. The normalized spacial score (nSPS) is 22.4. The summed E-state index contributed by atoms with van der Waals surface area (Å²) in [6.45, 7) is 1.63. The zero-order valence-electron chi connectivity index (χ0n) is 10.0. The van der Waals surface area contributed by atoms with Crippen LogP contribution in [0.5, 0.6) is 0 Å². The molecule has 0 unspecified atom stereocenters. The molecule has 0 aromatic heterocycles. The Balaban J connectivity index is 0.000000199. The molecule has 5 nitrogen and oxygen atoms in total. The van der Waals surface area contributed by atoms with Gasteiger partial charge in [-0.1, -0.05) is 30.4 Å². The van der Waals surface area contributed by atoms with E-state index in [9.17, 15) is 8.42 Å². The van der Waals surface area contributed by atoms with Crippen molar-refractivity contribution in [2.24, 2.45) is 5.73 Å². The predicted octanol–water partition coefficient (Wildman–Crippen LogP) is 0.876. The molecular formula is C12H17NO4S. The molecule has 4 N–H and O–H groups in total. The standard InChI is InChI=1S/C7H8O3S.C5H9NO/c1-6-4-2-3-5-7(6)11(8,9)10;6-4-2-1-3-5(4)7/h2-5H,1H3,(H,8,9,10);1-2,4-5,7H,3,6H2/t;4-,5-/m.0/s1. The molecule has 0 amide bonds. The minimum absolute atomic E-state index is 0.0278. The Morgan fingerprint density at radius 2 is 1.94 bits per heavy atom. The Morgan fingerprint density at radius 1 is 1.33 bits per heavy atom. The van der Waals surface area contributed by atoms with E-state index in [0.717, 1.165) is 6.42 Å². The van der Waals surface area contributed by atoms with Crippen molar-refractivity contribution < 1.29 is 18.1 Å². The zero-order chi connectivity index (χ0) is 13.8. The number of aliphatic hydroxyl groups is 1. The Labute approximate surface area is 107 Å². The number of rotatable bonds is 1. The number of aryl methyl sites for hydroxylation is 1. The quantitative estimate of drug-likeness (QED) is 0.520. The third-order valence-corrected chi connectivity index (χ3v) is 3.57. The van der Waals surface area contributed by atoms with Crippen LogP contribution in [0.2, 0.25) is 0 Å². The third-order valence-electron chi connectivity index (χ3n) is 2.55. The molecule has 1 aromatic carbocycles. The molecule has 0 heterocycles. The highest BCUT2D eigenvalue weighted by molar-refractivity contribution is 7.85. The summed E-state index contributed by atoms with van der Waals surface area (Å²) in [5.74, 6) is 0. The molecule has 0 saturated carbocycles. The topological polar surface area (TPSA) is 101 Å². The average molecular weight is 271 g/mol. The van der Waals surface area contributed by atoms with E-state index in [1.807, 2.05) is 12.2 Å². The zero-order valence-corrected chi connectivity index (χ0v) is 10.8. The van der Waals surface area contributed by atoms with Crippen molar-refractivity contribution in [2.75, 3.05) is 0 Å². The van der Waals surface area contributed by atoms with Crippen LogP contribution in [-0.2, 0) is 10.1 Å². The Kier molecular flexibility index (Phi) is 5.03. The summed E-state index contributed by atoms with van der Waals surface area (Å²) in [6.07, 6.45) is 4.13. The van der Waals surface area contributed by atoms with Crippen LogP contribution >= 0.6 is 0 Å². The molecule has 100 valence electrons. The van der Waals surface area contributed by atoms with E-state index in [1.165, 1.54) is 6.07 Å². The first-order valence-corrected chi connectivity index (χ1v) is 6.90. The van der Waals surface area contributed by atoms with E-state index in [0.29, 0.717) is 5.56 Å². The first kappa shape index (κ1) is 14.8. The van der Waals surface area contributed by atoms with Crippen molar-refractivity contribution in [1.29, 1.82) is 0 Å². The lowest BCUT2D eigenvalue weighted by Gasteiger charge is -2.04. The largest absolute Gasteiger partial charge is 0.391 e. The molecule has 6 heteroatoms. The van der Waals surface area contributed by atoms with E-state index in [2.05, 4.69) is 0 Å². The molecule has 0 bridgehead atoms. The highest BCUT2D eigenvalue weighted by atomic mass is 32.2. The highest BCUT2D eigenvalue weighted by Crippen LogP contribution is 2.12. The van der Waals surface area contributed by atoms with Gasteiger partial charge in [0.25, 0.3) is 10.1 Å². The average Bonchev–Trinajstić information content (AvgIpc) is 2.63. The molecule has 2 atom stereocenters. The molecule has 18 heavy (non-hydrogen) atoms. The number of aliphatic hydroxyl groups excluding tert-OH is 1. The second kappa shape index (κ2) is 6.10. The van der Waals surface area contributed by atoms with Gasteiger partial charge in [-0.05, 0) is 25.0 Å². The fourth-order valence-corrected chi connectivity index (χ4v) is 2.23. The van der Waals surface area contributed by atoms with E-state index in [4.69, 9.17) is 15.4 Å². The maximum atomic E-state index is 10.6. The van der Waals surface area contributed by atoms with Gasteiger partial charge in [0.1, 0.15) is 0 Å². The summed E-state index contributed by atoms with van der Waals surface area (Å²) in [4.78, 5) is -0.0278. The van der Waals surface area contributed by atoms with Crippen LogP contribution in [0.1, 0.15) is 12.0 Å². The number of hydrogen-bond acceptors (Lipinski definition) is 4. The molecule has 2 rings (SSSR count). The summed E-state index contributed by atoms with van der Waals surface area (Å²) < 4.78 is 29.9. The van der Waals surface area contributed by atoms with Crippen molar-refractivity contribution in [2.45, 2.75) is 30.4 Å². The van der Waals surface area contributed by atoms with Crippen LogP contribution in [0.4, 0.5) is 0 Å². The van der Waals surface area contributed by atoms with Crippen LogP contribution in [-0.4, -0.2) is 30.2 Å². The molecule has 1 aromatic rings. The van der Waals surface area contributed by atoms with Crippen LogP contribution in [0, 0.1) is 6.92 Å². The van der Waals surface area contributed by atoms with Crippen molar-refractivity contribution in [3.63, 3.8) is 0 Å². The minimum atomic E-state index is -4.03. The third kappa shape index (κ3) is 4.23. The van der Waals surface area contributed by atoms with E-state index < -0.39 is 10.1 Å². The van der Waals surface area contributed by atoms with Gasteiger partial charge in [-0.25, -0.2) is 0 Å². The van der Waals surface area contributed by atoms with Crippen LogP contribution in [0.25, 0.3) is 0 Å². The monoisotopic (exact) mass is 271 g/mol.